The molecule has 0 saturated carbocycles. The normalized spacial score (nSPS) is 14.9. The van der Waals surface area contributed by atoms with Gasteiger partial charge in [-0.05, 0) is 26.3 Å². The average Bonchev–Trinajstić information content (AvgIpc) is 1.82. The van der Waals surface area contributed by atoms with Crippen molar-refractivity contribution >= 4 is 5.78 Å². The molecule has 0 fully saturated rings. The highest BCUT2D eigenvalue weighted by molar-refractivity contribution is 5.77. The number of hydrogen-bond donors (Lipinski definition) is 1. The van der Waals surface area contributed by atoms with Gasteiger partial charge in [0.15, 0.2) is 0 Å². The first-order valence-electron chi connectivity index (χ1n) is 3.40. The lowest BCUT2D eigenvalue weighted by Crippen LogP contribution is -2.04. The molecule has 1 N–H and O–H groups in total. The van der Waals surface area contributed by atoms with Crippen LogP contribution in [-0.4, -0.2) is 10.9 Å². The van der Waals surface area contributed by atoms with Crippen LogP contribution in [0.15, 0.2) is 11.8 Å². The lowest BCUT2D eigenvalue weighted by molar-refractivity contribution is -0.120. The van der Waals surface area contributed by atoms with Crippen molar-refractivity contribution in [2.75, 3.05) is 0 Å². The summed E-state index contributed by atoms with van der Waals surface area (Å²) in [5.74, 6) is 0.479. The molecule has 0 aromatic heterocycles. The minimum absolute atomic E-state index is 0.0297. The van der Waals surface area contributed by atoms with Crippen molar-refractivity contribution in [1.29, 1.82) is 0 Å². The maximum atomic E-state index is 10.6. The van der Waals surface area contributed by atoms with E-state index in [1.807, 2.05) is 6.92 Å². The highest BCUT2D eigenvalue weighted by Gasteiger charge is 2.04. The molecule has 1 atom stereocenters. The molecule has 0 aliphatic rings. The highest BCUT2D eigenvalue weighted by atomic mass is 16.3. The summed E-state index contributed by atoms with van der Waals surface area (Å²) in [7, 11) is 0. The van der Waals surface area contributed by atoms with Crippen LogP contribution in [0.5, 0.6) is 0 Å². The second-order valence-corrected chi connectivity index (χ2v) is 2.59. The number of carbonyl (C=O) groups excluding carboxylic acids is 1. The number of carbonyl (C=O) groups is 1. The summed E-state index contributed by atoms with van der Waals surface area (Å²) in [5.41, 5.74) is 0. The summed E-state index contributed by atoms with van der Waals surface area (Å²) in [6.07, 6.45) is 2.30. The summed E-state index contributed by atoms with van der Waals surface area (Å²) in [4.78, 5) is 10.6. The third-order valence-electron chi connectivity index (χ3n) is 1.46. The van der Waals surface area contributed by atoms with Crippen molar-refractivity contribution in [2.24, 2.45) is 5.92 Å². The predicted molar refractivity (Wildman–Crippen MR) is 40.8 cm³/mol. The van der Waals surface area contributed by atoms with Gasteiger partial charge in [-0.1, -0.05) is 6.92 Å². The van der Waals surface area contributed by atoms with E-state index in [4.69, 9.17) is 5.11 Å². The number of aliphatic hydroxyl groups is 1. The van der Waals surface area contributed by atoms with Gasteiger partial charge in [-0.25, -0.2) is 0 Å². The highest BCUT2D eigenvalue weighted by Crippen LogP contribution is 2.04. The van der Waals surface area contributed by atoms with Gasteiger partial charge in [0.2, 0.25) is 0 Å². The minimum atomic E-state index is 0.0297. The molecule has 0 aromatic rings. The molecule has 0 aliphatic carbocycles. The van der Waals surface area contributed by atoms with Crippen LogP contribution in [0.4, 0.5) is 0 Å². The zero-order chi connectivity index (χ0) is 8.15. The zero-order valence-corrected chi connectivity index (χ0v) is 6.72. The molecule has 10 heavy (non-hydrogen) atoms. The van der Waals surface area contributed by atoms with E-state index in [0.29, 0.717) is 6.42 Å². The molecule has 1 unspecified atom stereocenters. The molecule has 2 nitrogen and oxygen atoms in total. The van der Waals surface area contributed by atoms with Crippen LogP contribution in [0, 0.1) is 5.92 Å². The van der Waals surface area contributed by atoms with E-state index in [2.05, 4.69) is 0 Å². The minimum Gasteiger partial charge on any atom is -0.513 e. The topological polar surface area (TPSA) is 37.3 Å². The largest absolute Gasteiger partial charge is 0.513 e. The van der Waals surface area contributed by atoms with Crippen molar-refractivity contribution in [3.63, 3.8) is 0 Å². The van der Waals surface area contributed by atoms with Gasteiger partial charge in [0, 0.05) is 5.92 Å². The van der Waals surface area contributed by atoms with Crippen LogP contribution >= 0.6 is 0 Å². The molecule has 0 spiro atoms. The van der Waals surface area contributed by atoms with Gasteiger partial charge in [-0.15, -0.1) is 0 Å². The molecule has 0 amide bonds. The SMILES string of the molecule is CC(=O)C(C)C/C=C(\C)O. The summed E-state index contributed by atoms with van der Waals surface area (Å²) in [5, 5.41) is 8.73. The van der Waals surface area contributed by atoms with Gasteiger partial charge in [-0.2, -0.15) is 0 Å². The Balaban J connectivity index is 3.70. The lowest BCUT2D eigenvalue weighted by atomic mass is 10.0. The van der Waals surface area contributed by atoms with Gasteiger partial charge < -0.3 is 5.11 Å². The molecule has 0 radical (unpaired) electrons. The van der Waals surface area contributed by atoms with Gasteiger partial charge in [-0.3, -0.25) is 4.79 Å². The Kier molecular flexibility index (Phi) is 3.77. The Morgan fingerprint density at radius 2 is 2.10 bits per heavy atom. The molecule has 0 heterocycles. The molecule has 0 bridgehead atoms. The van der Waals surface area contributed by atoms with E-state index >= 15 is 0 Å². The first kappa shape index (κ1) is 9.21. The monoisotopic (exact) mass is 142 g/mol. The average molecular weight is 142 g/mol. The van der Waals surface area contributed by atoms with Crippen LogP contribution in [0.2, 0.25) is 0 Å². The number of ketones is 1. The number of allylic oxidation sites excluding steroid dienone is 2. The first-order valence-corrected chi connectivity index (χ1v) is 3.40. The van der Waals surface area contributed by atoms with Crippen molar-refractivity contribution in [3.05, 3.63) is 11.8 Å². The van der Waals surface area contributed by atoms with E-state index < -0.39 is 0 Å². The van der Waals surface area contributed by atoms with Gasteiger partial charge in [0.05, 0.1) is 5.76 Å². The summed E-state index contributed by atoms with van der Waals surface area (Å²) >= 11 is 0. The van der Waals surface area contributed by atoms with Gasteiger partial charge >= 0.3 is 0 Å². The Bertz CT molecular complexity index is 143. The maximum absolute atomic E-state index is 10.6. The number of hydrogen-bond acceptors (Lipinski definition) is 2. The van der Waals surface area contributed by atoms with E-state index in [9.17, 15) is 4.79 Å². The molecular formula is C8H14O2. The van der Waals surface area contributed by atoms with Gasteiger partial charge in [0.25, 0.3) is 0 Å². The van der Waals surface area contributed by atoms with Crippen molar-refractivity contribution in [3.8, 4) is 0 Å². The molecule has 0 aliphatic heterocycles. The van der Waals surface area contributed by atoms with Crippen LogP contribution in [0.1, 0.15) is 27.2 Å². The van der Waals surface area contributed by atoms with Crippen LogP contribution < -0.4 is 0 Å². The van der Waals surface area contributed by atoms with E-state index in [0.717, 1.165) is 0 Å². The van der Waals surface area contributed by atoms with Crippen molar-refractivity contribution in [2.45, 2.75) is 27.2 Å². The fraction of sp³-hybridized carbons (Fsp3) is 0.625. The molecule has 0 aromatic carbocycles. The van der Waals surface area contributed by atoms with Crippen LogP contribution in [-0.2, 0) is 4.79 Å². The molecule has 58 valence electrons. The summed E-state index contributed by atoms with van der Waals surface area (Å²) in [6.45, 7) is 5.01. The summed E-state index contributed by atoms with van der Waals surface area (Å²) < 4.78 is 0. The van der Waals surface area contributed by atoms with E-state index in [-0.39, 0.29) is 17.5 Å². The fourth-order valence-electron chi connectivity index (χ4n) is 0.513. The van der Waals surface area contributed by atoms with E-state index in [1.54, 1.807) is 19.9 Å². The molecule has 0 saturated heterocycles. The fourth-order valence-corrected chi connectivity index (χ4v) is 0.513. The lowest BCUT2D eigenvalue weighted by Gasteiger charge is -2.01. The Hall–Kier alpha value is -0.790. The third kappa shape index (κ3) is 4.13. The maximum Gasteiger partial charge on any atom is 0.132 e. The van der Waals surface area contributed by atoms with Crippen molar-refractivity contribution in [1.82, 2.24) is 0 Å². The number of aliphatic hydroxyl groups excluding tert-OH is 1. The van der Waals surface area contributed by atoms with Crippen molar-refractivity contribution < 1.29 is 9.90 Å². The molecule has 0 rings (SSSR count). The van der Waals surface area contributed by atoms with Crippen LogP contribution in [0.25, 0.3) is 0 Å². The van der Waals surface area contributed by atoms with Crippen LogP contribution in [0.3, 0.4) is 0 Å². The predicted octanol–water partition coefficient (Wildman–Crippen LogP) is 2.06. The van der Waals surface area contributed by atoms with Gasteiger partial charge in [0.1, 0.15) is 5.78 Å². The Morgan fingerprint density at radius 3 is 2.40 bits per heavy atom. The zero-order valence-electron chi connectivity index (χ0n) is 6.72. The third-order valence-corrected chi connectivity index (χ3v) is 1.46. The quantitative estimate of drug-likeness (QED) is 0.612. The second kappa shape index (κ2) is 4.09. The molecular weight excluding hydrogens is 128 g/mol. The van der Waals surface area contributed by atoms with E-state index in [1.165, 1.54) is 0 Å². The Labute approximate surface area is 61.6 Å². The summed E-state index contributed by atoms with van der Waals surface area (Å²) in [6, 6.07) is 0. The first-order chi connectivity index (χ1) is 4.54. The Morgan fingerprint density at radius 1 is 1.60 bits per heavy atom. The smallest absolute Gasteiger partial charge is 0.132 e. The number of rotatable bonds is 3. The number of Topliss-reactive ketones (excluding diaryl/α,β-unsaturated/α-hetero) is 1. The molecule has 2 heteroatoms. The second-order valence-electron chi connectivity index (χ2n) is 2.59. The standard InChI is InChI=1S/C8H14O2/c1-6(8(3)10)4-5-7(2)9/h5-6,9H,4H2,1-3H3/b7-5+.